The average molecular weight is 242 g/mol. The molecule has 0 aliphatic carbocycles. The molecule has 1 unspecified atom stereocenters. The van der Waals surface area contributed by atoms with Crippen molar-refractivity contribution in [2.24, 2.45) is 5.92 Å². The third-order valence-electron chi connectivity index (χ3n) is 3.30. The molecule has 5 heteroatoms. The normalized spacial score (nSPS) is 25.9. The van der Waals surface area contributed by atoms with Crippen LogP contribution in [-0.2, 0) is 14.3 Å². The van der Waals surface area contributed by atoms with Gasteiger partial charge >= 0.3 is 0 Å². The van der Waals surface area contributed by atoms with Crippen molar-refractivity contribution in [1.82, 2.24) is 10.2 Å². The average Bonchev–Trinajstić information content (AvgIpc) is 2.69. The first-order chi connectivity index (χ1) is 8.36. The molecule has 1 N–H and O–H groups in total. The molecule has 0 bridgehead atoms. The molecule has 0 radical (unpaired) electrons. The largest absolute Gasteiger partial charge is 0.381 e. The van der Waals surface area contributed by atoms with E-state index in [1.165, 1.54) is 0 Å². The van der Waals surface area contributed by atoms with Crippen LogP contribution in [0.1, 0.15) is 12.8 Å². The highest BCUT2D eigenvalue weighted by Gasteiger charge is 2.18. The lowest BCUT2D eigenvalue weighted by atomic mass is 10.1. The summed E-state index contributed by atoms with van der Waals surface area (Å²) in [6.07, 6.45) is 2.09. The highest BCUT2D eigenvalue weighted by molar-refractivity contribution is 5.77. The van der Waals surface area contributed by atoms with Gasteiger partial charge in [-0.05, 0) is 19.4 Å². The zero-order chi connectivity index (χ0) is 11.9. The zero-order valence-electron chi connectivity index (χ0n) is 10.3. The fourth-order valence-corrected chi connectivity index (χ4v) is 2.21. The van der Waals surface area contributed by atoms with Gasteiger partial charge in [-0.15, -0.1) is 0 Å². The second kappa shape index (κ2) is 6.93. The van der Waals surface area contributed by atoms with E-state index in [4.69, 9.17) is 9.47 Å². The highest BCUT2D eigenvalue weighted by atomic mass is 16.5. The number of carbonyl (C=O) groups is 1. The quantitative estimate of drug-likeness (QED) is 0.745. The number of hydrogen-bond acceptors (Lipinski definition) is 4. The molecule has 1 atom stereocenters. The van der Waals surface area contributed by atoms with Gasteiger partial charge in [0.2, 0.25) is 5.91 Å². The van der Waals surface area contributed by atoms with Gasteiger partial charge < -0.3 is 19.7 Å². The molecule has 2 fully saturated rings. The van der Waals surface area contributed by atoms with Gasteiger partial charge in [-0.3, -0.25) is 4.79 Å². The Morgan fingerprint density at radius 1 is 1.41 bits per heavy atom. The van der Waals surface area contributed by atoms with Gasteiger partial charge in [-0.25, -0.2) is 0 Å². The predicted octanol–water partition coefficient (Wildman–Crippen LogP) is -0.139. The topological polar surface area (TPSA) is 50.8 Å². The van der Waals surface area contributed by atoms with Crippen LogP contribution >= 0.6 is 0 Å². The van der Waals surface area contributed by atoms with Crippen LogP contribution in [0.5, 0.6) is 0 Å². The third kappa shape index (κ3) is 4.26. The van der Waals surface area contributed by atoms with Crippen LogP contribution in [-0.4, -0.2) is 63.4 Å². The van der Waals surface area contributed by atoms with Crippen LogP contribution in [0.4, 0.5) is 0 Å². The molecule has 2 heterocycles. The van der Waals surface area contributed by atoms with Gasteiger partial charge in [0.1, 0.15) is 6.61 Å². The van der Waals surface area contributed by atoms with Crippen molar-refractivity contribution < 1.29 is 14.3 Å². The summed E-state index contributed by atoms with van der Waals surface area (Å²) in [6.45, 7) is 6.03. The van der Waals surface area contributed by atoms with Gasteiger partial charge in [0.15, 0.2) is 0 Å². The lowest BCUT2D eigenvalue weighted by Crippen LogP contribution is -2.37. The molecule has 17 heavy (non-hydrogen) atoms. The van der Waals surface area contributed by atoms with Crippen molar-refractivity contribution in [1.29, 1.82) is 0 Å². The molecule has 0 saturated carbocycles. The molecule has 0 spiro atoms. The maximum Gasteiger partial charge on any atom is 0.248 e. The van der Waals surface area contributed by atoms with Crippen molar-refractivity contribution in [2.75, 3.05) is 52.6 Å². The Hall–Kier alpha value is -0.650. The molecule has 0 aromatic heterocycles. The fourth-order valence-electron chi connectivity index (χ4n) is 2.21. The Kier molecular flexibility index (Phi) is 5.22. The number of ether oxygens (including phenoxy) is 2. The summed E-state index contributed by atoms with van der Waals surface area (Å²) in [6, 6.07) is 0. The van der Waals surface area contributed by atoms with E-state index in [1.54, 1.807) is 0 Å². The highest BCUT2D eigenvalue weighted by Crippen LogP contribution is 2.12. The maximum absolute atomic E-state index is 11.9. The lowest BCUT2D eigenvalue weighted by Gasteiger charge is -2.20. The number of rotatable bonds is 4. The number of nitrogens with one attached hydrogen (secondary N) is 1. The van der Waals surface area contributed by atoms with Gasteiger partial charge in [0.25, 0.3) is 0 Å². The first-order valence-electron chi connectivity index (χ1n) is 6.50. The molecule has 2 aliphatic heterocycles. The minimum atomic E-state index is 0.118. The molecule has 2 aliphatic rings. The Bertz CT molecular complexity index is 234. The summed E-state index contributed by atoms with van der Waals surface area (Å²) in [5.41, 5.74) is 0. The van der Waals surface area contributed by atoms with Crippen molar-refractivity contribution in [3.05, 3.63) is 0 Å². The van der Waals surface area contributed by atoms with Gasteiger partial charge in [0, 0.05) is 32.2 Å². The summed E-state index contributed by atoms with van der Waals surface area (Å²) < 4.78 is 10.7. The first kappa shape index (κ1) is 12.8. The predicted molar refractivity (Wildman–Crippen MR) is 63.8 cm³/mol. The smallest absolute Gasteiger partial charge is 0.248 e. The molecular formula is C12H22N2O3. The van der Waals surface area contributed by atoms with Crippen LogP contribution in [0.25, 0.3) is 0 Å². The molecule has 2 saturated heterocycles. The maximum atomic E-state index is 11.9. The summed E-state index contributed by atoms with van der Waals surface area (Å²) in [5, 5.41) is 3.28. The van der Waals surface area contributed by atoms with Crippen LogP contribution in [0.2, 0.25) is 0 Å². The molecule has 5 nitrogen and oxygen atoms in total. The number of amides is 1. The summed E-state index contributed by atoms with van der Waals surface area (Å²) in [7, 11) is 0. The van der Waals surface area contributed by atoms with Crippen molar-refractivity contribution in [3.63, 3.8) is 0 Å². The Labute approximate surface area is 102 Å². The molecule has 2 rings (SSSR count). The summed E-state index contributed by atoms with van der Waals surface area (Å²) in [5.74, 6) is 0.598. The van der Waals surface area contributed by atoms with E-state index in [2.05, 4.69) is 5.32 Å². The van der Waals surface area contributed by atoms with Crippen molar-refractivity contribution in [2.45, 2.75) is 12.8 Å². The number of nitrogens with zero attached hydrogens (tertiary/aromatic N) is 1. The monoisotopic (exact) mass is 242 g/mol. The minimum Gasteiger partial charge on any atom is -0.381 e. The van der Waals surface area contributed by atoms with Gasteiger partial charge in [0.05, 0.1) is 13.2 Å². The number of carbonyl (C=O) groups excluding carboxylic acids is 1. The Balaban J connectivity index is 1.61. The molecule has 0 aromatic rings. The van der Waals surface area contributed by atoms with E-state index < -0.39 is 0 Å². The summed E-state index contributed by atoms with van der Waals surface area (Å²) >= 11 is 0. The van der Waals surface area contributed by atoms with Crippen LogP contribution in [0.3, 0.4) is 0 Å². The Morgan fingerprint density at radius 3 is 3.18 bits per heavy atom. The third-order valence-corrected chi connectivity index (χ3v) is 3.30. The second-order valence-corrected chi connectivity index (χ2v) is 4.73. The van der Waals surface area contributed by atoms with E-state index in [0.29, 0.717) is 12.5 Å². The fraction of sp³-hybridized carbons (Fsp3) is 0.917. The van der Waals surface area contributed by atoms with Crippen molar-refractivity contribution in [3.8, 4) is 0 Å². The second-order valence-electron chi connectivity index (χ2n) is 4.73. The van der Waals surface area contributed by atoms with E-state index in [9.17, 15) is 4.79 Å². The SMILES string of the molecule is O=C(COCC1CCOC1)N1CCCNCC1. The zero-order valence-corrected chi connectivity index (χ0v) is 10.3. The first-order valence-corrected chi connectivity index (χ1v) is 6.50. The standard InChI is InChI=1S/C12H22N2O3/c15-12(14-5-1-3-13-4-6-14)10-17-9-11-2-7-16-8-11/h11,13H,1-10H2. The Morgan fingerprint density at radius 2 is 2.35 bits per heavy atom. The van der Waals surface area contributed by atoms with Gasteiger partial charge in [-0.1, -0.05) is 0 Å². The number of hydrogen-bond donors (Lipinski definition) is 1. The van der Waals surface area contributed by atoms with E-state index in [1.807, 2.05) is 4.90 Å². The van der Waals surface area contributed by atoms with E-state index >= 15 is 0 Å². The molecular weight excluding hydrogens is 220 g/mol. The molecule has 1 amide bonds. The van der Waals surface area contributed by atoms with E-state index in [0.717, 1.165) is 52.2 Å². The van der Waals surface area contributed by atoms with Crippen LogP contribution in [0, 0.1) is 5.92 Å². The molecule has 0 aromatic carbocycles. The van der Waals surface area contributed by atoms with Crippen LogP contribution < -0.4 is 5.32 Å². The van der Waals surface area contributed by atoms with Crippen molar-refractivity contribution >= 4 is 5.91 Å². The van der Waals surface area contributed by atoms with E-state index in [-0.39, 0.29) is 12.5 Å². The molecule has 98 valence electrons. The summed E-state index contributed by atoms with van der Waals surface area (Å²) in [4.78, 5) is 13.8. The minimum absolute atomic E-state index is 0.118. The lowest BCUT2D eigenvalue weighted by molar-refractivity contribution is -0.136. The van der Waals surface area contributed by atoms with Crippen LogP contribution in [0.15, 0.2) is 0 Å². The van der Waals surface area contributed by atoms with Gasteiger partial charge in [-0.2, -0.15) is 0 Å².